The van der Waals surface area contributed by atoms with Crippen LogP contribution in [0.5, 0.6) is 0 Å². The van der Waals surface area contributed by atoms with Gasteiger partial charge in [0.2, 0.25) is 0 Å². The molecule has 0 aliphatic carbocycles. The van der Waals surface area contributed by atoms with Gasteiger partial charge in [0, 0.05) is 6.04 Å². The number of aryl methyl sites for hydroxylation is 2. The van der Waals surface area contributed by atoms with Crippen LogP contribution in [0.3, 0.4) is 0 Å². The molecule has 1 aromatic carbocycles. The SMILES string of the molecule is Cc1ccc(C2=CC3CCCC(C2)N3C(=O)OC(C)(C)C)cc1C. The lowest BCUT2D eigenvalue weighted by Crippen LogP contribution is -2.53. The van der Waals surface area contributed by atoms with E-state index in [4.69, 9.17) is 4.74 Å². The first-order valence-corrected chi connectivity index (χ1v) is 9.04. The molecule has 3 heteroatoms. The molecule has 1 amide bonds. The number of piperidine rings is 1. The van der Waals surface area contributed by atoms with Crippen molar-refractivity contribution in [3.8, 4) is 0 Å². The Morgan fingerprint density at radius 3 is 2.54 bits per heavy atom. The molecule has 0 N–H and O–H groups in total. The monoisotopic (exact) mass is 327 g/mol. The Hall–Kier alpha value is -1.77. The molecule has 2 aliphatic heterocycles. The van der Waals surface area contributed by atoms with Crippen LogP contribution < -0.4 is 0 Å². The minimum Gasteiger partial charge on any atom is -0.444 e. The third-order valence-corrected chi connectivity index (χ3v) is 5.12. The summed E-state index contributed by atoms with van der Waals surface area (Å²) in [7, 11) is 0. The molecular weight excluding hydrogens is 298 g/mol. The minimum atomic E-state index is -0.441. The molecule has 3 rings (SSSR count). The summed E-state index contributed by atoms with van der Waals surface area (Å²) in [6.45, 7) is 10.1. The van der Waals surface area contributed by atoms with Crippen LogP contribution in [0.25, 0.3) is 5.57 Å². The minimum absolute atomic E-state index is 0.160. The van der Waals surface area contributed by atoms with Gasteiger partial charge in [0.05, 0.1) is 6.04 Å². The average Bonchev–Trinajstić information content (AvgIpc) is 2.47. The van der Waals surface area contributed by atoms with Gasteiger partial charge in [-0.15, -0.1) is 0 Å². The standard InChI is InChI=1S/C21H29NO2/c1-14-9-10-16(11-15(14)2)17-12-18-7-6-8-19(13-17)22(18)20(23)24-21(3,4)5/h9-12,18-19H,6-8,13H2,1-5H3. The Balaban J connectivity index is 1.87. The van der Waals surface area contributed by atoms with E-state index in [9.17, 15) is 4.79 Å². The smallest absolute Gasteiger partial charge is 0.411 e. The van der Waals surface area contributed by atoms with Gasteiger partial charge in [-0.3, -0.25) is 4.90 Å². The number of ether oxygens (including phenoxy) is 1. The summed E-state index contributed by atoms with van der Waals surface area (Å²) < 4.78 is 5.65. The van der Waals surface area contributed by atoms with Gasteiger partial charge in [-0.25, -0.2) is 4.79 Å². The lowest BCUT2D eigenvalue weighted by atomic mass is 9.82. The highest BCUT2D eigenvalue weighted by Gasteiger charge is 2.39. The molecule has 2 aliphatic rings. The number of nitrogens with zero attached hydrogens (tertiary/aromatic N) is 1. The highest BCUT2D eigenvalue weighted by atomic mass is 16.6. The quantitative estimate of drug-likeness (QED) is 0.705. The van der Waals surface area contributed by atoms with Gasteiger partial charge < -0.3 is 4.74 Å². The lowest BCUT2D eigenvalue weighted by Gasteiger charge is -2.45. The van der Waals surface area contributed by atoms with Gasteiger partial charge in [0.1, 0.15) is 5.60 Å². The van der Waals surface area contributed by atoms with Gasteiger partial charge >= 0.3 is 6.09 Å². The largest absolute Gasteiger partial charge is 0.444 e. The van der Waals surface area contributed by atoms with Gasteiger partial charge in [0.25, 0.3) is 0 Å². The Bertz CT molecular complexity index is 669. The number of hydrogen-bond acceptors (Lipinski definition) is 2. The predicted octanol–water partition coefficient (Wildman–Crippen LogP) is 5.25. The number of carbonyl (C=O) groups is 1. The van der Waals surface area contributed by atoms with Crippen molar-refractivity contribution >= 4 is 11.7 Å². The molecule has 0 aromatic heterocycles. The summed E-state index contributed by atoms with van der Waals surface area (Å²) in [4.78, 5) is 14.6. The Morgan fingerprint density at radius 2 is 1.92 bits per heavy atom. The van der Waals surface area contributed by atoms with Gasteiger partial charge in [-0.1, -0.05) is 24.3 Å². The number of hydrogen-bond donors (Lipinski definition) is 0. The number of benzene rings is 1. The van der Waals surface area contributed by atoms with E-state index in [1.54, 1.807) is 0 Å². The first-order valence-electron chi connectivity index (χ1n) is 9.04. The van der Waals surface area contributed by atoms with Crippen molar-refractivity contribution in [1.29, 1.82) is 0 Å². The van der Waals surface area contributed by atoms with E-state index in [1.807, 2.05) is 25.7 Å². The molecule has 1 saturated heterocycles. The second kappa shape index (κ2) is 6.27. The molecule has 0 spiro atoms. The van der Waals surface area contributed by atoms with Crippen LogP contribution in [0, 0.1) is 13.8 Å². The van der Waals surface area contributed by atoms with Crippen LogP contribution >= 0.6 is 0 Å². The van der Waals surface area contributed by atoms with Gasteiger partial charge in [-0.05, 0) is 82.6 Å². The molecule has 2 atom stereocenters. The average molecular weight is 327 g/mol. The van der Waals surface area contributed by atoms with Crippen molar-refractivity contribution < 1.29 is 9.53 Å². The summed E-state index contributed by atoms with van der Waals surface area (Å²) in [6, 6.07) is 7.12. The number of fused-ring (bicyclic) bond motifs is 2. The van der Waals surface area contributed by atoms with Crippen LogP contribution in [0.15, 0.2) is 24.3 Å². The maximum atomic E-state index is 12.6. The molecule has 130 valence electrons. The van der Waals surface area contributed by atoms with Crippen LogP contribution in [0.4, 0.5) is 4.79 Å². The van der Waals surface area contributed by atoms with Crippen molar-refractivity contribution in [1.82, 2.24) is 4.90 Å². The number of carbonyl (C=O) groups excluding carboxylic acids is 1. The molecule has 0 saturated carbocycles. The van der Waals surface area contributed by atoms with Crippen molar-refractivity contribution in [2.45, 2.75) is 78.0 Å². The Labute approximate surface area is 145 Å². The first-order chi connectivity index (χ1) is 11.2. The molecule has 3 nitrogen and oxygen atoms in total. The fraction of sp³-hybridized carbons (Fsp3) is 0.571. The summed E-state index contributed by atoms with van der Waals surface area (Å²) in [5.74, 6) is 0. The zero-order chi connectivity index (χ0) is 17.5. The highest BCUT2D eigenvalue weighted by molar-refractivity contribution is 5.75. The Kier molecular flexibility index (Phi) is 4.46. The summed E-state index contributed by atoms with van der Waals surface area (Å²) in [5.41, 5.74) is 4.90. The second-order valence-electron chi connectivity index (χ2n) is 8.23. The van der Waals surface area contributed by atoms with E-state index in [0.29, 0.717) is 0 Å². The maximum absolute atomic E-state index is 12.6. The van der Waals surface area contributed by atoms with Gasteiger partial charge in [-0.2, -0.15) is 0 Å². The molecule has 1 aromatic rings. The van der Waals surface area contributed by atoms with Crippen LogP contribution in [0.2, 0.25) is 0 Å². The van der Waals surface area contributed by atoms with Crippen LogP contribution in [-0.4, -0.2) is 28.7 Å². The summed E-state index contributed by atoms with van der Waals surface area (Å²) in [6.07, 6.45) is 6.35. The summed E-state index contributed by atoms with van der Waals surface area (Å²) in [5, 5.41) is 0. The molecular formula is C21H29NO2. The normalized spacial score (nSPS) is 23.7. The van der Waals surface area contributed by atoms with E-state index >= 15 is 0 Å². The maximum Gasteiger partial charge on any atom is 0.411 e. The van der Waals surface area contributed by atoms with E-state index < -0.39 is 5.60 Å². The topological polar surface area (TPSA) is 29.5 Å². The third kappa shape index (κ3) is 3.50. The van der Waals surface area contributed by atoms with Crippen molar-refractivity contribution in [2.75, 3.05) is 0 Å². The molecule has 1 fully saturated rings. The zero-order valence-corrected chi connectivity index (χ0v) is 15.6. The predicted molar refractivity (Wildman–Crippen MR) is 98.0 cm³/mol. The molecule has 0 radical (unpaired) electrons. The van der Waals surface area contributed by atoms with Crippen molar-refractivity contribution in [3.05, 3.63) is 41.0 Å². The van der Waals surface area contributed by atoms with Crippen molar-refractivity contribution in [2.24, 2.45) is 0 Å². The van der Waals surface area contributed by atoms with E-state index in [2.05, 4.69) is 38.1 Å². The molecule has 2 heterocycles. The van der Waals surface area contributed by atoms with Gasteiger partial charge in [0.15, 0.2) is 0 Å². The highest BCUT2D eigenvalue weighted by Crippen LogP contribution is 2.38. The summed E-state index contributed by atoms with van der Waals surface area (Å²) >= 11 is 0. The van der Waals surface area contributed by atoms with Crippen LogP contribution in [-0.2, 0) is 4.74 Å². The second-order valence-corrected chi connectivity index (χ2v) is 8.23. The number of rotatable bonds is 1. The lowest BCUT2D eigenvalue weighted by molar-refractivity contribution is 0.0000854. The number of amides is 1. The molecule has 24 heavy (non-hydrogen) atoms. The fourth-order valence-electron chi connectivity index (χ4n) is 3.78. The van der Waals surface area contributed by atoms with E-state index in [1.165, 1.54) is 28.7 Å². The molecule has 2 bridgehead atoms. The van der Waals surface area contributed by atoms with E-state index in [-0.39, 0.29) is 18.2 Å². The zero-order valence-electron chi connectivity index (χ0n) is 15.6. The third-order valence-electron chi connectivity index (χ3n) is 5.12. The first kappa shape index (κ1) is 17.1. The van der Waals surface area contributed by atoms with Crippen LogP contribution in [0.1, 0.15) is 63.1 Å². The molecule has 2 unspecified atom stereocenters. The van der Waals surface area contributed by atoms with Crippen molar-refractivity contribution in [3.63, 3.8) is 0 Å². The Morgan fingerprint density at radius 1 is 1.17 bits per heavy atom. The van der Waals surface area contributed by atoms with E-state index in [0.717, 1.165) is 19.3 Å². The fourth-order valence-corrected chi connectivity index (χ4v) is 3.78.